The molecule has 2 radical (unpaired) electrons. The molecule has 104 valence electrons. The van der Waals surface area contributed by atoms with E-state index in [9.17, 15) is 14.1 Å². The van der Waals surface area contributed by atoms with Gasteiger partial charge in [-0.2, -0.15) is 0 Å². The lowest BCUT2D eigenvalue weighted by Gasteiger charge is -2.12. The van der Waals surface area contributed by atoms with Crippen molar-refractivity contribution in [1.82, 2.24) is 0 Å². The van der Waals surface area contributed by atoms with Crippen molar-refractivity contribution in [3.63, 3.8) is 0 Å². The Morgan fingerprint density at radius 1 is 1.38 bits per heavy atom. The number of rotatable bonds is 3. The van der Waals surface area contributed by atoms with E-state index >= 15 is 0 Å². The topological polar surface area (TPSA) is 72.5 Å². The lowest BCUT2D eigenvalue weighted by Crippen LogP contribution is -2.22. The molecule has 0 aliphatic rings. The molecule has 8 heteroatoms. The van der Waals surface area contributed by atoms with Crippen LogP contribution in [0.25, 0.3) is 0 Å². The predicted octanol–water partition coefficient (Wildman–Crippen LogP) is 3.09. The summed E-state index contributed by atoms with van der Waals surface area (Å²) in [5.41, 5.74) is 5.35. The van der Waals surface area contributed by atoms with Crippen molar-refractivity contribution in [3.8, 4) is 0 Å². The summed E-state index contributed by atoms with van der Waals surface area (Å²) in [5.74, 6) is -1.35. The van der Waals surface area contributed by atoms with Crippen molar-refractivity contribution in [2.75, 3.05) is 5.73 Å². The highest BCUT2D eigenvalue weighted by atomic mass is 127. The molecule has 0 unspecified atom stereocenters. The van der Waals surface area contributed by atoms with E-state index in [1.54, 1.807) is 0 Å². The molecule has 0 spiro atoms. The van der Waals surface area contributed by atoms with E-state index in [0.717, 1.165) is 12.1 Å². The van der Waals surface area contributed by atoms with Crippen molar-refractivity contribution in [3.05, 3.63) is 54.7 Å². The molecule has 0 aliphatic carbocycles. The summed E-state index contributed by atoms with van der Waals surface area (Å²) in [5, 5.41) is 2.82. The maximum absolute atomic E-state index is 13.3. The van der Waals surface area contributed by atoms with E-state index in [-0.39, 0.29) is 33.0 Å². The number of carbonyl (C=O) groups is 1. The smallest absolute Gasteiger partial charge is 0.196 e. The number of nitroso groups, excluding NO2 is 1. The van der Waals surface area contributed by atoms with Gasteiger partial charge >= 0.3 is 0 Å². The molecule has 4 nitrogen and oxygen atoms in total. The van der Waals surface area contributed by atoms with Crippen LogP contribution in [0.3, 0.4) is 0 Å². The molecule has 0 saturated carbocycles. The zero-order valence-electron chi connectivity index (χ0n) is 10.4. The maximum Gasteiger partial charge on any atom is 0.196 e. The van der Waals surface area contributed by atoms with Gasteiger partial charge in [0, 0.05) is 20.4 Å². The number of nitrogen functional groups attached to an aromatic ring is 1. The first-order valence-electron chi connectivity index (χ1n) is 5.57. The third-order valence-electron chi connectivity index (χ3n) is 2.83. The number of benzene rings is 2. The van der Waals surface area contributed by atoms with Crippen LogP contribution in [-0.2, 0) is 0 Å². The minimum absolute atomic E-state index is 0.0368. The monoisotopic (exact) mass is 414 g/mol. The van der Waals surface area contributed by atoms with Gasteiger partial charge in [-0.25, -0.2) is 4.39 Å². The third-order valence-corrected chi connectivity index (χ3v) is 4.06. The van der Waals surface area contributed by atoms with Gasteiger partial charge in [-0.05, 0) is 52.0 Å². The number of anilines is 1. The molecule has 0 saturated heterocycles. The van der Waals surface area contributed by atoms with Gasteiger partial charge < -0.3 is 5.73 Å². The Labute approximate surface area is 139 Å². The average molecular weight is 414 g/mol. The normalized spacial score (nSPS) is 10.4. The lowest BCUT2D eigenvalue weighted by molar-refractivity contribution is 0.104. The largest absolute Gasteiger partial charge is 0.398 e. The molecule has 0 aliphatic heterocycles. The van der Waals surface area contributed by atoms with Crippen molar-refractivity contribution in [2.24, 2.45) is 5.18 Å². The fourth-order valence-corrected chi connectivity index (χ4v) is 2.58. The van der Waals surface area contributed by atoms with Gasteiger partial charge in [0.25, 0.3) is 0 Å². The Kier molecular flexibility index (Phi) is 4.62. The molecule has 2 rings (SSSR count). The number of hydrogen-bond donors (Lipinski definition) is 1. The third kappa shape index (κ3) is 2.93. The van der Waals surface area contributed by atoms with Crippen LogP contribution < -0.4 is 11.2 Å². The lowest BCUT2D eigenvalue weighted by atomic mass is 9.84. The van der Waals surface area contributed by atoms with Crippen LogP contribution in [0.1, 0.15) is 15.9 Å². The van der Waals surface area contributed by atoms with Crippen LogP contribution in [0, 0.1) is 14.3 Å². The molecule has 0 aromatic heterocycles. The molecular formula is C13H6BClFIN2O2. The Morgan fingerprint density at radius 3 is 2.67 bits per heavy atom. The standard InChI is InChI=1S/C13H6BClFIN2O2/c14-11-10(9(19-21)4-8(17)12(11)18)13(20)6-3-5(16)1-2-7(6)15/h1-4H,18H2. The highest BCUT2D eigenvalue weighted by Gasteiger charge is 2.22. The first-order chi connectivity index (χ1) is 9.86. The first-order valence-corrected chi connectivity index (χ1v) is 7.03. The van der Waals surface area contributed by atoms with Crippen molar-refractivity contribution in [2.45, 2.75) is 0 Å². The van der Waals surface area contributed by atoms with Gasteiger partial charge in [0.1, 0.15) is 19.4 Å². The predicted molar refractivity (Wildman–Crippen MR) is 89.3 cm³/mol. The Morgan fingerprint density at radius 2 is 2.05 bits per heavy atom. The molecule has 2 aromatic carbocycles. The number of nitrogens with two attached hydrogens (primary N) is 1. The summed E-state index contributed by atoms with van der Waals surface area (Å²) < 4.78 is 13.8. The van der Waals surface area contributed by atoms with Crippen molar-refractivity contribution >= 4 is 64.7 Å². The minimum atomic E-state index is -0.713. The van der Waals surface area contributed by atoms with Crippen LogP contribution in [0.4, 0.5) is 15.8 Å². The summed E-state index contributed by atoms with van der Waals surface area (Å²) in [6, 6.07) is 4.65. The second-order valence-corrected chi connectivity index (χ2v) is 5.69. The fourth-order valence-electron chi connectivity index (χ4n) is 1.79. The minimum Gasteiger partial charge on any atom is -0.398 e. The molecular weight excluding hydrogens is 408 g/mol. The van der Waals surface area contributed by atoms with Gasteiger partial charge in [-0.1, -0.05) is 17.1 Å². The van der Waals surface area contributed by atoms with E-state index in [2.05, 4.69) is 5.18 Å². The molecule has 0 bridgehead atoms. The quantitative estimate of drug-likeness (QED) is 0.276. The molecule has 21 heavy (non-hydrogen) atoms. The number of halogens is 3. The second kappa shape index (κ2) is 6.11. The number of hydrogen-bond acceptors (Lipinski definition) is 4. The van der Waals surface area contributed by atoms with E-state index in [1.807, 2.05) is 22.6 Å². The van der Waals surface area contributed by atoms with Crippen LogP contribution in [0.5, 0.6) is 0 Å². The highest BCUT2D eigenvalue weighted by molar-refractivity contribution is 14.1. The Bertz CT molecular complexity index is 770. The zero-order chi connectivity index (χ0) is 15.7. The summed E-state index contributed by atoms with van der Waals surface area (Å²) in [6.07, 6.45) is 0. The summed E-state index contributed by atoms with van der Waals surface area (Å²) >= 11 is 7.75. The van der Waals surface area contributed by atoms with E-state index in [4.69, 9.17) is 25.2 Å². The van der Waals surface area contributed by atoms with Gasteiger partial charge in [0.2, 0.25) is 0 Å². The molecule has 0 fully saturated rings. The average Bonchev–Trinajstić information content (AvgIpc) is 2.46. The molecule has 0 amide bonds. The summed E-state index contributed by atoms with van der Waals surface area (Å²) in [7, 11) is 5.80. The van der Waals surface area contributed by atoms with Crippen LogP contribution in [0.15, 0.2) is 29.4 Å². The van der Waals surface area contributed by atoms with Crippen LogP contribution in [-0.4, -0.2) is 13.6 Å². The van der Waals surface area contributed by atoms with Crippen LogP contribution in [0.2, 0.25) is 5.02 Å². The van der Waals surface area contributed by atoms with Crippen LogP contribution >= 0.6 is 34.2 Å². The molecule has 0 heterocycles. The fraction of sp³-hybridized carbons (Fsp3) is 0. The SMILES string of the molecule is [B]c1c(N)c(I)cc(N=O)c1C(=O)c1cc(F)ccc1Cl. The van der Waals surface area contributed by atoms with Gasteiger partial charge in [-0.3, -0.25) is 4.79 Å². The first kappa shape index (κ1) is 15.9. The van der Waals surface area contributed by atoms with Crippen molar-refractivity contribution in [1.29, 1.82) is 0 Å². The highest BCUT2D eigenvalue weighted by Crippen LogP contribution is 2.29. The molecule has 2 N–H and O–H groups in total. The van der Waals surface area contributed by atoms with E-state index in [1.165, 1.54) is 12.1 Å². The summed E-state index contributed by atoms with van der Waals surface area (Å²) in [6.45, 7) is 0. The number of carbonyl (C=O) groups excluding carboxylic acids is 1. The Hall–Kier alpha value is -1.48. The molecule has 0 atom stereocenters. The molecule has 2 aromatic rings. The number of nitrogens with zero attached hydrogens (tertiary/aromatic N) is 1. The second-order valence-electron chi connectivity index (χ2n) is 4.12. The van der Waals surface area contributed by atoms with E-state index < -0.39 is 11.6 Å². The van der Waals surface area contributed by atoms with Gasteiger partial charge in [-0.15, -0.1) is 4.91 Å². The van der Waals surface area contributed by atoms with Gasteiger partial charge in [0.15, 0.2) is 5.78 Å². The zero-order valence-corrected chi connectivity index (χ0v) is 13.3. The number of ketones is 1. The maximum atomic E-state index is 13.3. The van der Waals surface area contributed by atoms with E-state index in [0.29, 0.717) is 3.57 Å². The Balaban J connectivity index is 2.71. The summed E-state index contributed by atoms with van der Waals surface area (Å²) in [4.78, 5) is 23.4. The van der Waals surface area contributed by atoms with Crippen molar-refractivity contribution < 1.29 is 9.18 Å². The van der Waals surface area contributed by atoms with Gasteiger partial charge in [0.05, 0.1) is 5.02 Å².